The molecule has 0 atom stereocenters. The van der Waals surface area contributed by atoms with E-state index in [1.54, 1.807) is 24.4 Å². The molecule has 4 N–H and O–H groups in total. The summed E-state index contributed by atoms with van der Waals surface area (Å²) in [5.41, 5.74) is 2.86. The molecule has 5 rings (SSSR count). The third-order valence-electron chi connectivity index (χ3n) is 5.85. The summed E-state index contributed by atoms with van der Waals surface area (Å²) in [4.78, 5) is 45.4. The number of fused-ring (bicyclic) bond motifs is 1. The number of alkyl halides is 3. The van der Waals surface area contributed by atoms with Crippen LogP contribution in [0.15, 0.2) is 64.6 Å². The maximum absolute atomic E-state index is 12.5. The average molecular weight is 621 g/mol. The van der Waals surface area contributed by atoms with Crippen molar-refractivity contribution in [2.45, 2.75) is 6.18 Å². The summed E-state index contributed by atoms with van der Waals surface area (Å²) in [5, 5.41) is 17.9. The molecule has 0 radical (unpaired) electrons. The molecular formula is C27H24ClF3N6O4S. The minimum absolute atomic E-state index is 0.0906. The molecule has 2 aliphatic rings. The largest absolute Gasteiger partial charge is 0.490 e. The lowest BCUT2D eigenvalue weighted by atomic mass is 10.1. The monoisotopic (exact) mass is 620 g/mol. The van der Waals surface area contributed by atoms with Gasteiger partial charge in [-0.05, 0) is 59.8 Å². The molecule has 2 amide bonds. The molecule has 0 aliphatic carbocycles. The minimum Gasteiger partial charge on any atom is -0.475 e. The van der Waals surface area contributed by atoms with E-state index in [2.05, 4.69) is 30.8 Å². The first-order chi connectivity index (χ1) is 20.0. The number of nitrogens with one attached hydrogen (secondary N) is 3. The number of hydrogen-bond acceptors (Lipinski definition) is 8. The Morgan fingerprint density at radius 3 is 2.62 bits per heavy atom. The standard InChI is InChI=1S/C25H23ClN6O2S.C2HF3O2/c26-19-5-4-18(29-23(33)15-32-10-8-27-9-11-32)14-21(19)30-25-31-24(34)22(35-25)13-16-3-6-20-17(12-16)2-1-7-28-20;3-2(4,5)1(6)7/h1-7,12-14,27H,8-11,15H2,(H,29,33)(H,30,31,34);(H,6,7). The van der Waals surface area contributed by atoms with E-state index in [-0.39, 0.29) is 11.8 Å². The molecule has 0 unspecified atom stereocenters. The number of benzene rings is 2. The SMILES string of the molecule is O=C(CN1CCNCC1)Nc1ccc(Cl)c(N=C2NC(=O)C(=Cc3ccc4ncccc4c3)S2)c1.O=C(O)C(F)(F)F. The van der Waals surface area contributed by atoms with Crippen LogP contribution < -0.4 is 16.0 Å². The van der Waals surface area contributed by atoms with E-state index >= 15 is 0 Å². The van der Waals surface area contributed by atoms with Gasteiger partial charge in [0.15, 0.2) is 5.17 Å². The molecule has 2 saturated heterocycles. The Balaban J connectivity index is 0.000000517. The lowest BCUT2D eigenvalue weighted by Crippen LogP contribution is -2.46. The summed E-state index contributed by atoms with van der Waals surface area (Å²) in [7, 11) is 0. The maximum Gasteiger partial charge on any atom is 0.490 e. The number of halogens is 4. The summed E-state index contributed by atoms with van der Waals surface area (Å²) < 4.78 is 31.7. The van der Waals surface area contributed by atoms with Gasteiger partial charge in [0.25, 0.3) is 5.91 Å². The highest BCUT2D eigenvalue weighted by atomic mass is 35.5. The Hall–Kier alpha value is -3.98. The first-order valence-electron chi connectivity index (χ1n) is 12.4. The fourth-order valence-electron chi connectivity index (χ4n) is 3.87. The number of aromatic nitrogens is 1. The lowest BCUT2D eigenvalue weighted by Gasteiger charge is -2.26. The second-order valence-corrected chi connectivity index (χ2v) is 10.4. The summed E-state index contributed by atoms with van der Waals surface area (Å²) in [6.07, 6.45) is -1.51. The fourth-order valence-corrected chi connectivity index (χ4v) is 4.87. The molecule has 0 spiro atoms. The zero-order chi connectivity index (χ0) is 30.3. The van der Waals surface area contributed by atoms with E-state index in [1.165, 1.54) is 11.8 Å². The molecule has 15 heteroatoms. The average Bonchev–Trinajstić information content (AvgIpc) is 3.28. The molecule has 42 heavy (non-hydrogen) atoms. The Morgan fingerprint density at radius 2 is 1.90 bits per heavy atom. The maximum atomic E-state index is 12.5. The van der Waals surface area contributed by atoms with Crippen LogP contribution in [0, 0.1) is 0 Å². The van der Waals surface area contributed by atoms with Gasteiger partial charge in [-0.25, -0.2) is 9.79 Å². The summed E-state index contributed by atoms with van der Waals surface area (Å²) in [6.45, 7) is 3.78. The molecule has 2 fully saturated rings. The Kier molecular flexibility index (Phi) is 10.2. The third kappa shape index (κ3) is 8.76. The molecule has 0 bridgehead atoms. The molecule has 3 heterocycles. The number of amides is 2. The van der Waals surface area contributed by atoms with Gasteiger partial charge in [0.05, 0.1) is 27.7 Å². The van der Waals surface area contributed by atoms with Crippen molar-refractivity contribution in [3.8, 4) is 0 Å². The van der Waals surface area contributed by atoms with Crippen molar-refractivity contribution in [3.05, 3.63) is 70.2 Å². The molecule has 220 valence electrons. The number of hydrogen-bond donors (Lipinski definition) is 4. The number of carboxylic acid groups (broad SMARTS) is 1. The highest BCUT2D eigenvalue weighted by Crippen LogP contribution is 2.33. The number of aliphatic carboxylic acids is 1. The van der Waals surface area contributed by atoms with Gasteiger partial charge in [-0.15, -0.1) is 0 Å². The second kappa shape index (κ2) is 13.8. The number of carbonyl (C=O) groups is 3. The number of rotatable bonds is 5. The number of aliphatic imine (C=N–C) groups is 1. The number of carbonyl (C=O) groups excluding carboxylic acids is 2. The number of thioether (sulfide) groups is 1. The Labute approximate surface area is 247 Å². The van der Waals surface area contributed by atoms with Crippen molar-refractivity contribution in [2.75, 3.05) is 38.0 Å². The van der Waals surface area contributed by atoms with E-state index in [4.69, 9.17) is 21.5 Å². The van der Waals surface area contributed by atoms with Crippen molar-refractivity contribution < 1.29 is 32.7 Å². The van der Waals surface area contributed by atoms with Crippen molar-refractivity contribution in [2.24, 2.45) is 4.99 Å². The highest BCUT2D eigenvalue weighted by molar-refractivity contribution is 8.18. The summed E-state index contributed by atoms with van der Waals surface area (Å²) >= 11 is 7.59. The number of carboxylic acids is 1. The van der Waals surface area contributed by atoms with Crippen LogP contribution in [0.2, 0.25) is 5.02 Å². The van der Waals surface area contributed by atoms with Crippen molar-refractivity contribution >= 4 is 74.7 Å². The van der Waals surface area contributed by atoms with Crippen molar-refractivity contribution in [3.63, 3.8) is 0 Å². The van der Waals surface area contributed by atoms with Gasteiger partial charge in [0.2, 0.25) is 5.91 Å². The Bertz CT molecular complexity index is 1560. The van der Waals surface area contributed by atoms with E-state index in [9.17, 15) is 22.8 Å². The van der Waals surface area contributed by atoms with Gasteiger partial charge >= 0.3 is 12.1 Å². The van der Waals surface area contributed by atoms with E-state index < -0.39 is 12.1 Å². The van der Waals surface area contributed by atoms with Crippen LogP contribution >= 0.6 is 23.4 Å². The summed E-state index contributed by atoms with van der Waals surface area (Å²) in [5.74, 6) is -3.07. The number of nitrogens with zero attached hydrogens (tertiary/aromatic N) is 3. The molecule has 2 aromatic carbocycles. The summed E-state index contributed by atoms with van der Waals surface area (Å²) in [6, 6.07) is 14.8. The van der Waals surface area contributed by atoms with Crippen LogP contribution in [-0.2, 0) is 14.4 Å². The number of amidine groups is 1. The van der Waals surface area contributed by atoms with Gasteiger partial charge in [-0.2, -0.15) is 13.2 Å². The van der Waals surface area contributed by atoms with Gasteiger partial charge in [0.1, 0.15) is 0 Å². The first kappa shape index (κ1) is 31.0. The van der Waals surface area contributed by atoms with Crippen molar-refractivity contribution in [1.82, 2.24) is 20.5 Å². The van der Waals surface area contributed by atoms with Gasteiger partial charge in [-0.1, -0.05) is 23.7 Å². The van der Waals surface area contributed by atoms with Crippen LogP contribution in [0.1, 0.15) is 5.56 Å². The smallest absolute Gasteiger partial charge is 0.475 e. The number of anilines is 1. The topological polar surface area (TPSA) is 136 Å². The fraction of sp³-hybridized carbons (Fsp3) is 0.222. The minimum atomic E-state index is -5.08. The predicted octanol–water partition coefficient (Wildman–Crippen LogP) is 4.26. The molecule has 1 aromatic heterocycles. The first-order valence-corrected chi connectivity index (χ1v) is 13.6. The van der Waals surface area contributed by atoms with E-state index in [1.807, 2.05) is 36.4 Å². The van der Waals surface area contributed by atoms with Crippen LogP contribution in [0.4, 0.5) is 24.5 Å². The van der Waals surface area contributed by atoms with Gasteiger partial charge in [-0.3, -0.25) is 19.5 Å². The normalized spacial score (nSPS) is 17.6. The van der Waals surface area contributed by atoms with Crippen LogP contribution in [0.3, 0.4) is 0 Å². The zero-order valence-corrected chi connectivity index (χ0v) is 23.3. The third-order valence-corrected chi connectivity index (χ3v) is 7.08. The van der Waals surface area contributed by atoms with Crippen molar-refractivity contribution in [1.29, 1.82) is 0 Å². The lowest BCUT2D eigenvalue weighted by molar-refractivity contribution is -0.192. The number of piperazine rings is 1. The highest BCUT2D eigenvalue weighted by Gasteiger charge is 2.38. The predicted molar refractivity (Wildman–Crippen MR) is 156 cm³/mol. The zero-order valence-electron chi connectivity index (χ0n) is 21.7. The molecular weight excluding hydrogens is 597 g/mol. The van der Waals surface area contributed by atoms with Crippen LogP contribution in [0.5, 0.6) is 0 Å². The van der Waals surface area contributed by atoms with Gasteiger partial charge < -0.3 is 21.1 Å². The second-order valence-electron chi connectivity index (χ2n) is 8.98. The molecule has 10 nitrogen and oxygen atoms in total. The van der Waals surface area contributed by atoms with E-state index in [0.29, 0.717) is 33.0 Å². The quantitative estimate of drug-likeness (QED) is 0.311. The molecule has 2 aliphatic heterocycles. The Morgan fingerprint density at radius 1 is 1.17 bits per heavy atom. The van der Waals surface area contributed by atoms with Crippen LogP contribution in [0.25, 0.3) is 17.0 Å². The van der Waals surface area contributed by atoms with Gasteiger partial charge in [0, 0.05) is 43.4 Å². The van der Waals surface area contributed by atoms with E-state index in [0.717, 1.165) is 42.6 Å². The number of pyridine rings is 1. The van der Waals surface area contributed by atoms with Crippen LogP contribution in [-0.4, -0.2) is 76.8 Å². The molecule has 3 aromatic rings. The molecule has 0 saturated carbocycles.